The number of amides is 2. The Kier molecular flexibility index (Phi) is 4.52. The SMILES string of the molecule is Cc1ccc2c(CCNC(=O)NCC3Cc4ccccc4O3)c[nH]c2c1. The molecule has 3 N–H and O–H groups in total. The van der Waals surface area contributed by atoms with E-state index >= 15 is 0 Å². The molecule has 4 rings (SSSR count). The van der Waals surface area contributed by atoms with E-state index in [4.69, 9.17) is 4.74 Å². The minimum absolute atomic E-state index is 0.00927. The van der Waals surface area contributed by atoms with Gasteiger partial charge in [-0.05, 0) is 42.2 Å². The molecule has 5 nitrogen and oxygen atoms in total. The van der Waals surface area contributed by atoms with Crippen LogP contribution in [-0.4, -0.2) is 30.2 Å². The maximum Gasteiger partial charge on any atom is 0.314 e. The van der Waals surface area contributed by atoms with E-state index in [2.05, 4.69) is 46.8 Å². The summed E-state index contributed by atoms with van der Waals surface area (Å²) in [6.45, 7) is 3.18. The predicted octanol–water partition coefficient (Wildman–Crippen LogP) is 3.32. The lowest BCUT2D eigenvalue weighted by atomic mass is 10.1. The van der Waals surface area contributed by atoms with Crippen LogP contribution in [0, 0.1) is 6.92 Å². The summed E-state index contributed by atoms with van der Waals surface area (Å²) >= 11 is 0. The molecule has 2 heterocycles. The van der Waals surface area contributed by atoms with Crippen molar-refractivity contribution in [3.63, 3.8) is 0 Å². The van der Waals surface area contributed by atoms with Crippen molar-refractivity contribution >= 4 is 16.9 Å². The fraction of sp³-hybridized carbons (Fsp3) is 0.286. The molecule has 5 heteroatoms. The number of carbonyl (C=O) groups is 1. The summed E-state index contributed by atoms with van der Waals surface area (Å²) in [6, 6.07) is 14.2. The second-order valence-electron chi connectivity index (χ2n) is 6.80. The summed E-state index contributed by atoms with van der Waals surface area (Å²) in [4.78, 5) is 15.3. The third kappa shape index (κ3) is 3.52. The van der Waals surface area contributed by atoms with Gasteiger partial charge in [-0.1, -0.05) is 30.3 Å². The van der Waals surface area contributed by atoms with Crippen LogP contribution in [0.25, 0.3) is 10.9 Å². The van der Waals surface area contributed by atoms with Crippen LogP contribution in [0.3, 0.4) is 0 Å². The number of urea groups is 1. The fourth-order valence-electron chi connectivity index (χ4n) is 3.45. The minimum Gasteiger partial charge on any atom is -0.488 e. The number of fused-ring (bicyclic) bond motifs is 2. The van der Waals surface area contributed by atoms with E-state index < -0.39 is 0 Å². The van der Waals surface area contributed by atoms with E-state index in [-0.39, 0.29) is 12.1 Å². The Morgan fingerprint density at radius 3 is 3.00 bits per heavy atom. The molecular weight excluding hydrogens is 326 g/mol. The van der Waals surface area contributed by atoms with Crippen molar-refractivity contribution in [1.82, 2.24) is 15.6 Å². The highest BCUT2D eigenvalue weighted by molar-refractivity contribution is 5.83. The summed E-state index contributed by atoms with van der Waals surface area (Å²) in [7, 11) is 0. The van der Waals surface area contributed by atoms with Crippen LogP contribution < -0.4 is 15.4 Å². The molecule has 0 fully saturated rings. The van der Waals surface area contributed by atoms with Crippen LogP contribution in [0.1, 0.15) is 16.7 Å². The van der Waals surface area contributed by atoms with E-state index in [9.17, 15) is 4.79 Å². The van der Waals surface area contributed by atoms with Gasteiger partial charge in [-0.2, -0.15) is 0 Å². The molecule has 3 aromatic rings. The first-order chi connectivity index (χ1) is 12.7. The Hall–Kier alpha value is -2.95. The molecule has 0 radical (unpaired) electrons. The lowest BCUT2D eigenvalue weighted by Crippen LogP contribution is -2.41. The molecule has 2 amide bonds. The molecule has 0 spiro atoms. The molecule has 1 aliphatic rings. The van der Waals surface area contributed by atoms with Crippen molar-refractivity contribution in [3.05, 3.63) is 65.4 Å². The molecule has 0 saturated heterocycles. The predicted molar refractivity (Wildman–Crippen MR) is 103 cm³/mol. The van der Waals surface area contributed by atoms with E-state index in [0.717, 1.165) is 24.1 Å². The average molecular weight is 349 g/mol. The van der Waals surface area contributed by atoms with Gasteiger partial charge in [-0.15, -0.1) is 0 Å². The summed E-state index contributed by atoms with van der Waals surface area (Å²) in [5.74, 6) is 0.925. The van der Waals surface area contributed by atoms with Crippen LogP contribution >= 0.6 is 0 Å². The molecule has 0 bridgehead atoms. The van der Waals surface area contributed by atoms with Crippen LogP contribution in [-0.2, 0) is 12.8 Å². The number of hydrogen-bond donors (Lipinski definition) is 3. The van der Waals surface area contributed by atoms with Gasteiger partial charge >= 0.3 is 6.03 Å². The first-order valence-corrected chi connectivity index (χ1v) is 9.02. The molecule has 26 heavy (non-hydrogen) atoms. The Balaban J connectivity index is 1.22. The third-order valence-corrected chi connectivity index (χ3v) is 4.81. The zero-order chi connectivity index (χ0) is 17.9. The van der Waals surface area contributed by atoms with Crippen molar-refractivity contribution in [2.24, 2.45) is 0 Å². The Morgan fingerprint density at radius 1 is 1.23 bits per heavy atom. The van der Waals surface area contributed by atoms with E-state index in [1.807, 2.05) is 24.4 Å². The van der Waals surface area contributed by atoms with Gasteiger partial charge in [0.05, 0.1) is 6.54 Å². The number of aromatic nitrogens is 1. The highest BCUT2D eigenvalue weighted by atomic mass is 16.5. The molecular formula is C21H23N3O2. The minimum atomic E-state index is -0.153. The lowest BCUT2D eigenvalue weighted by Gasteiger charge is -2.12. The number of rotatable bonds is 5. The molecule has 134 valence electrons. The number of benzene rings is 2. The number of hydrogen-bond acceptors (Lipinski definition) is 2. The van der Waals surface area contributed by atoms with Crippen LogP contribution in [0.2, 0.25) is 0 Å². The normalized spacial score (nSPS) is 15.5. The van der Waals surface area contributed by atoms with Crippen LogP contribution in [0.4, 0.5) is 4.79 Å². The van der Waals surface area contributed by atoms with Gasteiger partial charge in [-0.3, -0.25) is 0 Å². The average Bonchev–Trinajstić information content (AvgIpc) is 3.23. The first kappa shape index (κ1) is 16.5. The fourth-order valence-corrected chi connectivity index (χ4v) is 3.45. The van der Waals surface area contributed by atoms with Gasteiger partial charge in [0.15, 0.2) is 0 Å². The third-order valence-electron chi connectivity index (χ3n) is 4.81. The van der Waals surface area contributed by atoms with Crippen LogP contribution in [0.15, 0.2) is 48.7 Å². The van der Waals surface area contributed by atoms with Crippen molar-refractivity contribution in [1.29, 1.82) is 0 Å². The Labute approximate surface area is 152 Å². The first-order valence-electron chi connectivity index (χ1n) is 9.02. The summed E-state index contributed by atoms with van der Waals surface area (Å²) in [5.41, 5.74) is 4.80. The summed E-state index contributed by atoms with van der Waals surface area (Å²) in [5, 5.41) is 7.04. The Bertz CT molecular complexity index is 907. The molecule has 1 atom stereocenters. The maximum atomic E-state index is 12.0. The standard InChI is InChI=1S/C21H23N3O2/c1-14-6-7-18-16(12-23-19(18)10-14)8-9-22-21(25)24-13-17-11-15-4-2-3-5-20(15)26-17/h2-7,10,12,17,23H,8-9,11,13H2,1H3,(H2,22,24,25). The maximum absolute atomic E-state index is 12.0. The molecule has 1 unspecified atom stereocenters. The topological polar surface area (TPSA) is 66.2 Å². The van der Waals surface area contributed by atoms with E-state index in [1.54, 1.807) is 0 Å². The van der Waals surface area contributed by atoms with Crippen molar-refractivity contribution in [2.45, 2.75) is 25.9 Å². The van der Waals surface area contributed by atoms with Crippen molar-refractivity contribution in [3.8, 4) is 5.75 Å². The molecule has 2 aromatic carbocycles. The highest BCUT2D eigenvalue weighted by Crippen LogP contribution is 2.27. The molecule has 1 aliphatic heterocycles. The number of nitrogens with one attached hydrogen (secondary N) is 3. The zero-order valence-electron chi connectivity index (χ0n) is 14.8. The number of aromatic amines is 1. The van der Waals surface area contributed by atoms with Gasteiger partial charge in [-0.25, -0.2) is 4.79 Å². The number of H-pyrrole nitrogens is 1. The smallest absolute Gasteiger partial charge is 0.314 e. The zero-order valence-corrected chi connectivity index (χ0v) is 14.8. The number of para-hydroxylation sites is 1. The van der Waals surface area contributed by atoms with E-state index in [1.165, 1.54) is 22.1 Å². The van der Waals surface area contributed by atoms with E-state index in [0.29, 0.717) is 13.1 Å². The number of aryl methyl sites for hydroxylation is 1. The number of carbonyl (C=O) groups excluding carboxylic acids is 1. The van der Waals surface area contributed by atoms with Crippen molar-refractivity contribution in [2.75, 3.05) is 13.1 Å². The van der Waals surface area contributed by atoms with Gasteiger partial charge < -0.3 is 20.4 Å². The summed E-state index contributed by atoms with van der Waals surface area (Å²) < 4.78 is 5.83. The van der Waals surface area contributed by atoms with Gasteiger partial charge in [0, 0.05) is 30.1 Å². The second kappa shape index (κ2) is 7.12. The van der Waals surface area contributed by atoms with Crippen molar-refractivity contribution < 1.29 is 9.53 Å². The van der Waals surface area contributed by atoms with Gasteiger partial charge in [0.2, 0.25) is 0 Å². The molecule has 0 saturated carbocycles. The summed E-state index contributed by atoms with van der Waals surface area (Å²) in [6.07, 6.45) is 3.66. The largest absolute Gasteiger partial charge is 0.488 e. The second-order valence-corrected chi connectivity index (χ2v) is 6.80. The quantitative estimate of drug-likeness (QED) is 0.661. The van der Waals surface area contributed by atoms with Gasteiger partial charge in [0.25, 0.3) is 0 Å². The van der Waals surface area contributed by atoms with Crippen LogP contribution in [0.5, 0.6) is 5.75 Å². The highest BCUT2D eigenvalue weighted by Gasteiger charge is 2.22. The lowest BCUT2D eigenvalue weighted by molar-refractivity contribution is 0.214. The molecule has 1 aromatic heterocycles. The molecule has 0 aliphatic carbocycles. The Morgan fingerprint density at radius 2 is 2.12 bits per heavy atom. The number of ether oxygens (including phenoxy) is 1. The van der Waals surface area contributed by atoms with Gasteiger partial charge in [0.1, 0.15) is 11.9 Å². The monoisotopic (exact) mass is 349 g/mol.